The first kappa shape index (κ1) is 19.5. The minimum atomic E-state index is 0. The summed E-state index contributed by atoms with van der Waals surface area (Å²) in [5.74, 6) is 1.67. The number of hydrogen-bond acceptors (Lipinski definition) is 3. The topological polar surface area (TPSA) is 48.9 Å². The van der Waals surface area contributed by atoms with Gasteiger partial charge >= 0.3 is 0 Å². The van der Waals surface area contributed by atoms with E-state index in [1.54, 1.807) is 0 Å². The summed E-state index contributed by atoms with van der Waals surface area (Å²) < 4.78 is 5.39. The Morgan fingerprint density at radius 2 is 1.83 bits per heavy atom. The minimum Gasteiger partial charge on any atom is -0.379 e. The van der Waals surface area contributed by atoms with Gasteiger partial charge in [0.25, 0.3) is 0 Å². The maximum atomic E-state index is 5.39. The monoisotopic (exact) mass is 444 g/mol. The lowest BCUT2D eigenvalue weighted by Gasteiger charge is -2.26. The molecule has 3 rings (SSSR count). The molecule has 2 unspecified atom stereocenters. The van der Waals surface area contributed by atoms with Gasteiger partial charge < -0.3 is 15.4 Å². The highest BCUT2D eigenvalue weighted by Gasteiger charge is 2.33. The smallest absolute Gasteiger partial charge is 0.191 e. The molecule has 134 valence electrons. The van der Waals surface area contributed by atoms with Gasteiger partial charge in [-0.3, -0.25) is 9.89 Å². The van der Waals surface area contributed by atoms with Crippen LogP contribution in [0.15, 0.2) is 29.3 Å². The molecule has 0 amide bonds. The molecule has 24 heavy (non-hydrogen) atoms. The summed E-state index contributed by atoms with van der Waals surface area (Å²) >= 11 is 0. The Morgan fingerprint density at radius 1 is 1.21 bits per heavy atom. The number of nitrogens with zero attached hydrogens (tertiary/aromatic N) is 2. The number of aliphatic imine (C=N–C) groups is 1. The molecule has 2 aliphatic rings. The van der Waals surface area contributed by atoms with Crippen LogP contribution in [0, 0.1) is 5.92 Å². The Labute approximate surface area is 162 Å². The molecule has 0 spiro atoms. The van der Waals surface area contributed by atoms with Crippen molar-refractivity contribution in [2.45, 2.75) is 32.5 Å². The summed E-state index contributed by atoms with van der Waals surface area (Å²) in [4.78, 5) is 6.73. The lowest BCUT2D eigenvalue weighted by Crippen LogP contribution is -2.38. The summed E-state index contributed by atoms with van der Waals surface area (Å²) in [6.07, 6.45) is 1.25. The number of guanidine groups is 1. The molecule has 2 fully saturated rings. The van der Waals surface area contributed by atoms with Crippen molar-refractivity contribution in [2.24, 2.45) is 10.9 Å². The van der Waals surface area contributed by atoms with Crippen LogP contribution in [0.2, 0.25) is 0 Å². The molecule has 0 radical (unpaired) electrons. The molecule has 1 saturated heterocycles. The van der Waals surface area contributed by atoms with E-state index >= 15 is 0 Å². The van der Waals surface area contributed by atoms with Crippen LogP contribution < -0.4 is 10.6 Å². The largest absolute Gasteiger partial charge is 0.379 e. The van der Waals surface area contributed by atoms with Crippen molar-refractivity contribution < 1.29 is 4.74 Å². The molecule has 0 aromatic heterocycles. The number of morpholine rings is 1. The van der Waals surface area contributed by atoms with Gasteiger partial charge in [-0.1, -0.05) is 31.2 Å². The van der Waals surface area contributed by atoms with Gasteiger partial charge in [0, 0.05) is 39.3 Å². The number of hydrogen-bond donors (Lipinski definition) is 2. The van der Waals surface area contributed by atoms with Crippen molar-refractivity contribution in [1.82, 2.24) is 15.5 Å². The highest BCUT2D eigenvalue weighted by atomic mass is 127. The van der Waals surface area contributed by atoms with Gasteiger partial charge in [-0.2, -0.15) is 0 Å². The third-order valence-corrected chi connectivity index (χ3v) is 4.65. The van der Waals surface area contributed by atoms with Crippen LogP contribution in [0.1, 0.15) is 24.5 Å². The Morgan fingerprint density at radius 3 is 2.42 bits per heavy atom. The van der Waals surface area contributed by atoms with Gasteiger partial charge in [0.05, 0.1) is 13.2 Å². The van der Waals surface area contributed by atoms with Crippen LogP contribution in [0.3, 0.4) is 0 Å². The molecule has 2 atom stereocenters. The van der Waals surface area contributed by atoms with Crippen LogP contribution in [-0.4, -0.2) is 50.3 Å². The van der Waals surface area contributed by atoms with Gasteiger partial charge in [0.1, 0.15) is 0 Å². The molecular formula is C18H29IN4O. The summed E-state index contributed by atoms with van der Waals surface area (Å²) in [6, 6.07) is 9.46. The number of benzene rings is 1. The Balaban J connectivity index is 0.00000208. The molecule has 1 aromatic carbocycles. The van der Waals surface area contributed by atoms with Crippen molar-refractivity contribution >= 4 is 29.9 Å². The van der Waals surface area contributed by atoms with Crippen LogP contribution in [0.25, 0.3) is 0 Å². The van der Waals surface area contributed by atoms with E-state index in [1.807, 2.05) is 7.05 Å². The molecule has 5 nitrogen and oxygen atoms in total. The zero-order valence-electron chi connectivity index (χ0n) is 14.6. The second-order valence-electron chi connectivity index (χ2n) is 6.59. The van der Waals surface area contributed by atoms with Crippen LogP contribution in [-0.2, 0) is 17.8 Å². The zero-order chi connectivity index (χ0) is 16.1. The predicted octanol–water partition coefficient (Wildman–Crippen LogP) is 2.21. The molecule has 1 heterocycles. The zero-order valence-corrected chi connectivity index (χ0v) is 17.0. The number of nitrogens with one attached hydrogen (secondary N) is 2. The van der Waals surface area contributed by atoms with Gasteiger partial charge in [0.2, 0.25) is 0 Å². The summed E-state index contributed by atoms with van der Waals surface area (Å²) in [6.45, 7) is 7.86. The Bertz CT molecular complexity index is 528. The highest BCUT2D eigenvalue weighted by molar-refractivity contribution is 14.0. The van der Waals surface area contributed by atoms with Gasteiger partial charge in [-0.05, 0) is 23.5 Å². The van der Waals surface area contributed by atoms with E-state index in [0.717, 1.165) is 51.3 Å². The second-order valence-corrected chi connectivity index (χ2v) is 6.59. The molecular weight excluding hydrogens is 415 g/mol. The number of halogens is 1. The molecule has 2 N–H and O–H groups in total. The Kier molecular flexibility index (Phi) is 7.77. The fourth-order valence-corrected chi connectivity index (χ4v) is 2.86. The number of ether oxygens (including phenoxy) is 1. The molecule has 1 aliphatic heterocycles. The van der Waals surface area contributed by atoms with Gasteiger partial charge in [-0.25, -0.2) is 0 Å². The van der Waals surface area contributed by atoms with E-state index in [1.165, 1.54) is 17.5 Å². The summed E-state index contributed by atoms with van der Waals surface area (Å²) in [5.41, 5.74) is 2.65. The second kappa shape index (κ2) is 9.58. The Hall–Kier alpha value is -0.860. The third-order valence-electron chi connectivity index (χ3n) is 4.65. The fourth-order valence-electron chi connectivity index (χ4n) is 2.86. The lowest BCUT2D eigenvalue weighted by molar-refractivity contribution is 0.0342. The molecule has 6 heteroatoms. The molecule has 1 aromatic rings. The molecule has 0 bridgehead atoms. The van der Waals surface area contributed by atoms with Gasteiger partial charge in [-0.15, -0.1) is 24.0 Å². The van der Waals surface area contributed by atoms with Crippen LogP contribution >= 0.6 is 24.0 Å². The summed E-state index contributed by atoms with van der Waals surface area (Å²) in [7, 11) is 1.83. The maximum Gasteiger partial charge on any atom is 0.191 e. The van der Waals surface area contributed by atoms with Crippen molar-refractivity contribution in [3.8, 4) is 0 Å². The average Bonchev–Trinajstić information content (AvgIpc) is 3.28. The van der Waals surface area contributed by atoms with E-state index in [9.17, 15) is 0 Å². The molecule has 1 aliphatic carbocycles. The average molecular weight is 444 g/mol. The van der Waals surface area contributed by atoms with E-state index in [-0.39, 0.29) is 24.0 Å². The lowest BCUT2D eigenvalue weighted by atomic mass is 10.1. The van der Waals surface area contributed by atoms with Crippen molar-refractivity contribution in [2.75, 3.05) is 33.4 Å². The van der Waals surface area contributed by atoms with E-state index in [4.69, 9.17) is 4.74 Å². The minimum absolute atomic E-state index is 0. The van der Waals surface area contributed by atoms with Crippen molar-refractivity contribution in [1.29, 1.82) is 0 Å². The van der Waals surface area contributed by atoms with Crippen LogP contribution in [0.5, 0.6) is 0 Å². The standard InChI is InChI=1S/C18H28N4O.HI/c1-14-11-17(14)21-18(19-2)20-12-15-3-5-16(6-4-15)13-22-7-9-23-10-8-22;/h3-6,14,17H,7-13H2,1-2H3,(H2,19,20,21);1H. The normalized spacial score (nSPS) is 24.2. The van der Waals surface area contributed by atoms with E-state index < -0.39 is 0 Å². The first-order valence-electron chi connectivity index (χ1n) is 8.59. The SMILES string of the molecule is CN=C(NCc1ccc(CN2CCOCC2)cc1)NC1CC1C.I. The number of rotatable bonds is 5. The molecule has 1 saturated carbocycles. The maximum absolute atomic E-state index is 5.39. The third kappa shape index (κ3) is 5.89. The van der Waals surface area contributed by atoms with E-state index in [0.29, 0.717) is 6.04 Å². The first-order valence-corrected chi connectivity index (χ1v) is 8.59. The van der Waals surface area contributed by atoms with Crippen molar-refractivity contribution in [3.05, 3.63) is 35.4 Å². The first-order chi connectivity index (χ1) is 11.2. The summed E-state index contributed by atoms with van der Waals surface area (Å²) in [5, 5.41) is 6.84. The van der Waals surface area contributed by atoms with Crippen molar-refractivity contribution in [3.63, 3.8) is 0 Å². The van der Waals surface area contributed by atoms with Crippen LogP contribution in [0.4, 0.5) is 0 Å². The predicted molar refractivity (Wildman–Crippen MR) is 109 cm³/mol. The fraction of sp³-hybridized carbons (Fsp3) is 0.611. The van der Waals surface area contributed by atoms with Gasteiger partial charge in [0.15, 0.2) is 5.96 Å². The van der Waals surface area contributed by atoms with E-state index in [2.05, 4.69) is 51.7 Å². The highest BCUT2D eigenvalue weighted by Crippen LogP contribution is 2.28. The quantitative estimate of drug-likeness (QED) is 0.416.